The lowest BCUT2D eigenvalue weighted by Crippen LogP contribution is -2.32. The fourth-order valence-corrected chi connectivity index (χ4v) is 2.72. The Bertz CT molecular complexity index is 380. The number of aromatic nitrogens is 2. The molecule has 0 spiro atoms. The Morgan fingerprint density at radius 1 is 1.25 bits per heavy atom. The number of rotatable bonds is 9. The van der Waals surface area contributed by atoms with Crippen LogP contribution in [0.3, 0.4) is 0 Å². The maximum atomic E-state index is 5.66. The highest BCUT2D eigenvalue weighted by Gasteiger charge is 2.35. The van der Waals surface area contributed by atoms with Crippen LogP contribution in [-0.4, -0.2) is 29.8 Å². The number of hydrogen-bond donors (Lipinski definition) is 1. The van der Waals surface area contributed by atoms with Crippen LogP contribution < -0.4 is 5.32 Å². The van der Waals surface area contributed by atoms with Crippen molar-refractivity contribution in [2.24, 2.45) is 0 Å². The topological polar surface area (TPSA) is 60.2 Å². The quantitative estimate of drug-likeness (QED) is 0.754. The van der Waals surface area contributed by atoms with E-state index in [1.807, 2.05) is 0 Å². The maximum Gasteiger partial charge on any atom is 0.231 e. The van der Waals surface area contributed by atoms with Gasteiger partial charge in [-0.05, 0) is 32.7 Å². The second-order valence-corrected chi connectivity index (χ2v) is 5.22. The SMILES string of the molecule is CCNC(C)C(CC)c1nc(C(CC)(CC)OC)no1. The lowest BCUT2D eigenvalue weighted by atomic mass is 9.95. The van der Waals surface area contributed by atoms with Crippen molar-refractivity contribution < 1.29 is 9.26 Å². The molecule has 0 aromatic carbocycles. The van der Waals surface area contributed by atoms with Gasteiger partial charge in [-0.25, -0.2) is 0 Å². The van der Waals surface area contributed by atoms with E-state index in [1.54, 1.807) is 7.11 Å². The van der Waals surface area contributed by atoms with Crippen LogP contribution in [-0.2, 0) is 10.3 Å². The summed E-state index contributed by atoms with van der Waals surface area (Å²) < 4.78 is 11.2. The van der Waals surface area contributed by atoms with Crippen molar-refractivity contribution in [3.05, 3.63) is 11.7 Å². The number of methoxy groups -OCH3 is 1. The minimum Gasteiger partial charge on any atom is -0.370 e. The highest BCUT2D eigenvalue weighted by atomic mass is 16.5. The van der Waals surface area contributed by atoms with Crippen LogP contribution in [0.4, 0.5) is 0 Å². The van der Waals surface area contributed by atoms with E-state index < -0.39 is 5.60 Å². The van der Waals surface area contributed by atoms with Crippen molar-refractivity contribution in [2.45, 2.75) is 71.4 Å². The molecule has 0 bridgehead atoms. The molecule has 1 aromatic rings. The van der Waals surface area contributed by atoms with Gasteiger partial charge in [0.25, 0.3) is 0 Å². The minimum absolute atomic E-state index is 0.236. The lowest BCUT2D eigenvalue weighted by Gasteiger charge is -2.26. The van der Waals surface area contributed by atoms with Crippen molar-refractivity contribution in [1.29, 1.82) is 0 Å². The minimum atomic E-state index is -0.429. The molecule has 1 heterocycles. The summed E-state index contributed by atoms with van der Waals surface area (Å²) in [6.45, 7) is 11.5. The lowest BCUT2D eigenvalue weighted by molar-refractivity contribution is -0.0306. The summed E-state index contributed by atoms with van der Waals surface area (Å²) in [4.78, 5) is 4.63. The first kappa shape index (κ1) is 17.1. The Hall–Kier alpha value is -0.940. The standard InChI is InChI=1S/C15H29N3O2/c1-7-12(11(5)16-10-4)13-17-14(18-20-13)15(8-2,9-3)19-6/h11-12,16H,7-10H2,1-6H3. The Morgan fingerprint density at radius 2 is 1.90 bits per heavy atom. The first-order valence-electron chi connectivity index (χ1n) is 7.71. The van der Waals surface area contributed by atoms with Crippen LogP contribution in [0.25, 0.3) is 0 Å². The van der Waals surface area contributed by atoms with Gasteiger partial charge in [-0.15, -0.1) is 0 Å². The van der Waals surface area contributed by atoms with Gasteiger partial charge in [-0.3, -0.25) is 0 Å². The third kappa shape index (κ3) is 3.38. The average molecular weight is 283 g/mol. The van der Waals surface area contributed by atoms with Crippen molar-refractivity contribution in [3.63, 3.8) is 0 Å². The highest BCUT2D eigenvalue weighted by Crippen LogP contribution is 2.32. The van der Waals surface area contributed by atoms with Gasteiger partial charge in [-0.2, -0.15) is 4.98 Å². The summed E-state index contributed by atoms with van der Waals surface area (Å²) in [5.41, 5.74) is -0.429. The number of nitrogens with zero attached hydrogens (tertiary/aromatic N) is 2. The monoisotopic (exact) mass is 283 g/mol. The van der Waals surface area contributed by atoms with Gasteiger partial charge in [-0.1, -0.05) is 32.9 Å². The number of nitrogens with one attached hydrogen (secondary N) is 1. The van der Waals surface area contributed by atoms with E-state index in [4.69, 9.17) is 9.26 Å². The van der Waals surface area contributed by atoms with E-state index in [2.05, 4.69) is 50.1 Å². The Morgan fingerprint density at radius 3 is 2.35 bits per heavy atom. The summed E-state index contributed by atoms with van der Waals surface area (Å²) in [7, 11) is 1.71. The van der Waals surface area contributed by atoms with E-state index >= 15 is 0 Å². The number of hydrogen-bond acceptors (Lipinski definition) is 5. The molecule has 1 N–H and O–H groups in total. The summed E-state index contributed by atoms with van der Waals surface area (Å²) >= 11 is 0. The molecule has 0 saturated heterocycles. The van der Waals surface area contributed by atoms with Crippen LogP contribution in [0, 0.1) is 0 Å². The molecule has 2 unspecified atom stereocenters. The molecule has 0 fully saturated rings. The van der Waals surface area contributed by atoms with Gasteiger partial charge in [0.15, 0.2) is 0 Å². The third-order valence-corrected chi connectivity index (χ3v) is 4.27. The third-order valence-electron chi connectivity index (χ3n) is 4.27. The molecule has 0 aliphatic carbocycles. The zero-order valence-corrected chi connectivity index (χ0v) is 13.7. The van der Waals surface area contributed by atoms with Gasteiger partial charge < -0.3 is 14.6 Å². The summed E-state index contributed by atoms with van der Waals surface area (Å²) in [6, 6.07) is 0.318. The van der Waals surface area contributed by atoms with Crippen molar-refractivity contribution in [3.8, 4) is 0 Å². The Balaban J connectivity index is 3.00. The van der Waals surface area contributed by atoms with Crippen molar-refractivity contribution >= 4 is 0 Å². The van der Waals surface area contributed by atoms with E-state index in [1.165, 1.54) is 0 Å². The molecular formula is C15H29N3O2. The van der Waals surface area contributed by atoms with Gasteiger partial charge in [0.2, 0.25) is 11.7 Å². The zero-order valence-electron chi connectivity index (χ0n) is 13.7. The fraction of sp³-hybridized carbons (Fsp3) is 0.867. The smallest absolute Gasteiger partial charge is 0.231 e. The summed E-state index contributed by atoms with van der Waals surface area (Å²) in [5.74, 6) is 1.61. The molecule has 20 heavy (non-hydrogen) atoms. The van der Waals surface area contributed by atoms with Gasteiger partial charge in [0.1, 0.15) is 5.60 Å². The molecule has 1 aromatic heterocycles. The van der Waals surface area contributed by atoms with E-state index in [0.29, 0.717) is 17.8 Å². The largest absolute Gasteiger partial charge is 0.370 e. The molecule has 5 heteroatoms. The molecule has 0 amide bonds. The molecule has 0 saturated carbocycles. The predicted molar refractivity (Wildman–Crippen MR) is 79.7 cm³/mol. The molecule has 2 atom stereocenters. The second kappa shape index (κ2) is 7.74. The first-order valence-corrected chi connectivity index (χ1v) is 7.71. The van der Waals surface area contributed by atoms with E-state index in [-0.39, 0.29) is 5.92 Å². The van der Waals surface area contributed by atoms with Crippen LogP contribution in [0.1, 0.15) is 71.5 Å². The molecule has 0 radical (unpaired) electrons. The van der Waals surface area contributed by atoms with Crippen LogP contribution >= 0.6 is 0 Å². The van der Waals surface area contributed by atoms with Gasteiger partial charge in [0, 0.05) is 13.2 Å². The summed E-state index contributed by atoms with van der Waals surface area (Å²) in [6.07, 6.45) is 2.63. The molecular weight excluding hydrogens is 254 g/mol. The Labute approximate surface area is 122 Å². The van der Waals surface area contributed by atoms with E-state index in [0.717, 1.165) is 25.8 Å². The molecule has 5 nitrogen and oxygen atoms in total. The molecule has 0 aliphatic heterocycles. The summed E-state index contributed by atoms with van der Waals surface area (Å²) in [5, 5.41) is 7.60. The Kier molecular flexibility index (Phi) is 6.62. The van der Waals surface area contributed by atoms with Crippen LogP contribution in [0.15, 0.2) is 4.52 Å². The number of likely N-dealkylation sites (N-methyl/N-ethyl adjacent to an activating group) is 1. The van der Waals surface area contributed by atoms with Crippen LogP contribution in [0.5, 0.6) is 0 Å². The normalized spacial score (nSPS) is 15.3. The van der Waals surface area contributed by atoms with Gasteiger partial charge >= 0.3 is 0 Å². The molecule has 0 aliphatic rings. The highest BCUT2D eigenvalue weighted by molar-refractivity contribution is 5.05. The fourth-order valence-electron chi connectivity index (χ4n) is 2.72. The molecule has 1 rings (SSSR count). The average Bonchev–Trinajstić information content (AvgIpc) is 2.93. The van der Waals surface area contributed by atoms with E-state index in [9.17, 15) is 0 Å². The predicted octanol–water partition coefficient (Wildman–Crippen LogP) is 3.22. The van der Waals surface area contributed by atoms with Crippen LogP contribution in [0.2, 0.25) is 0 Å². The maximum absolute atomic E-state index is 5.66. The molecule has 116 valence electrons. The number of ether oxygens (including phenoxy) is 1. The van der Waals surface area contributed by atoms with Crippen molar-refractivity contribution in [2.75, 3.05) is 13.7 Å². The van der Waals surface area contributed by atoms with Gasteiger partial charge in [0.05, 0.1) is 5.92 Å². The first-order chi connectivity index (χ1) is 9.58. The zero-order chi connectivity index (χ0) is 15.2. The van der Waals surface area contributed by atoms with Crippen molar-refractivity contribution in [1.82, 2.24) is 15.5 Å². The second-order valence-electron chi connectivity index (χ2n) is 5.22.